The number of hydrogen-bond donors (Lipinski definition) is 0. The Bertz CT molecular complexity index is 1070. The van der Waals surface area contributed by atoms with Crippen LogP contribution in [0.25, 0.3) is 11.3 Å². The fourth-order valence-electron chi connectivity index (χ4n) is 3.31. The zero-order valence-corrected chi connectivity index (χ0v) is 18.7. The number of anilines is 1. The van der Waals surface area contributed by atoms with Crippen molar-refractivity contribution in [1.29, 1.82) is 0 Å². The van der Waals surface area contributed by atoms with E-state index in [0.29, 0.717) is 52.7 Å². The Kier molecular flexibility index (Phi) is 6.80. The van der Waals surface area contributed by atoms with E-state index in [9.17, 15) is 4.79 Å². The summed E-state index contributed by atoms with van der Waals surface area (Å²) in [6.07, 6.45) is 0. The van der Waals surface area contributed by atoms with E-state index < -0.39 is 0 Å². The van der Waals surface area contributed by atoms with Crippen LogP contribution in [-0.2, 0) is 4.79 Å². The number of aromatic nitrogens is 2. The van der Waals surface area contributed by atoms with Crippen LogP contribution in [0.2, 0.25) is 15.1 Å². The van der Waals surface area contributed by atoms with Gasteiger partial charge in [0.25, 0.3) is 5.91 Å². The summed E-state index contributed by atoms with van der Waals surface area (Å²) in [7, 11) is 0. The van der Waals surface area contributed by atoms with Crippen LogP contribution in [0.5, 0.6) is 5.75 Å². The maximum Gasteiger partial charge on any atom is 0.260 e. The van der Waals surface area contributed by atoms with Gasteiger partial charge in [-0.2, -0.15) is 0 Å². The van der Waals surface area contributed by atoms with Crippen molar-refractivity contribution in [3.8, 4) is 17.0 Å². The molecule has 0 bridgehead atoms. The van der Waals surface area contributed by atoms with Gasteiger partial charge in [-0.25, -0.2) is 0 Å². The normalized spacial score (nSPS) is 13.9. The van der Waals surface area contributed by atoms with E-state index in [1.165, 1.54) is 0 Å². The van der Waals surface area contributed by atoms with Crippen LogP contribution in [-0.4, -0.2) is 53.8 Å². The lowest BCUT2D eigenvalue weighted by atomic mass is 10.1. The van der Waals surface area contributed by atoms with Crippen LogP contribution < -0.4 is 9.64 Å². The van der Waals surface area contributed by atoms with Crippen molar-refractivity contribution in [2.75, 3.05) is 37.7 Å². The molecular formula is C22H19Cl3N4O2. The number of carbonyl (C=O) groups is 1. The molecule has 0 spiro atoms. The second-order valence-electron chi connectivity index (χ2n) is 6.99. The number of piperazine rings is 1. The highest BCUT2D eigenvalue weighted by atomic mass is 35.5. The van der Waals surface area contributed by atoms with Gasteiger partial charge in [-0.3, -0.25) is 4.79 Å². The minimum Gasteiger partial charge on any atom is -0.482 e. The average Bonchev–Trinajstić information content (AvgIpc) is 2.79. The molecule has 2 heterocycles. The Morgan fingerprint density at radius 3 is 2.35 bits per heavy atom. The first-order chi connectivity index (χ1) is 15.0. The zero-order chi connectivity index (χ0) is 21.8. The number of amides is 1. The minimum atomic E-state index is -0.0709. The summed E-state index contributed by atoms with van der Waals surface area (Å²) >= 11 is 18.3. The molecule has 1 amide bonds. The smallest absolute Gasteiger partial charge is 0.260 e. The zero-order valence-electron chi connectivity index (χ0n) is 16.5. The standard InChI is InChI=1S/C22H19Cl3N4O2/c23-15-5-6-16(18(25)13-15)19-7-8-21(27-26-19)28-9-11-29(12-10-28)22(30)14-31-20-4-2-1-3-17(20)24/h1-8,13H,9-12,14H2. The van der Waals surface area contributed by atoms with Crippen molar-refractivity contribution in [2.24, 2.45) is 0 Å². The monoisotopic (exact) mass is 476 g/mol. The van der Waals surface area contributed by atoms with Gasteiger partial charge in [0.2, 0.25) is 0 Å². The summed E-state index contributed by atoms with van der Waals surface area (Å²) < 4.78 is 5.56. The van der Waals surface area contributed by atoms with Crippen LogP contribution >= 0.6 is 34.8 Å². The topological polar surface area (TPSA) is 58.6 Å². The van der Waals surface area contributed by atoms with Gasteiger partial charge in [0, 0.05) is 36.8 Å². The summed E-state index contributed by atoms with van der Waals surface area (Å²) in [5.74, 6) is 1.19. The molecule has 6 nitrogen and oxygen atoms in total. The van der Waals surface area contributed by atoms with Gasteiger partial charge in [0.05, 0.1) is 15.7 Å². The third-order valence-corrected chi connectivity index (χ3v) is 5.86. The van der Waals surface area contributed by atoms with Gasteiger partial charge in [-0.1, -0.05) is 46.9 Å². The molecule has 160 valence electrons. The first-order valence-corrected chi connectivity index (χ1v) is 10.8. The molecule has 1 saturated heterocycles. The van der Waals surface area contributed by atoms with Crippen molar-refractivity contribution in [3.05, 3.63) is 69.7 Å². The van der Waals surface area contributed by atoms with E-state index in [0.717, 1.165) is 11.4 Å². The van der Waals surface area contributed by atoms with Gasteiger partial charge in [-0.15, -0.1) is 10.2 Å². The number of rotatable bonds is 5. The molecule has 0 radical (unpaired) electrons. The van der Waals surface area contributed by atoms with E-state index in [1.54, 1.807) is 29.2 Å². The molecule has 0 unspecified atom stereocenters. The Labute approximate surface area is 195 Å². The van der Waals surface area contributed by atoms with Crippen molar-refractivity contribution in [1.82, 2.24) is 15.1 Å². The molecule has 3 aromatic rings. The molecule has 9 heteroatoms. The molecule has 1 fully saturated rings. The third-order valence-electron chi connectivity index (χ3n) is 5.00. The van der Waals surface area contributed by atoms with Crippen LogP contribution in [0.3, 0.4) is 0 Å². The van der Waals surface area contributed by atoms with Crippen molar-refractivity contribution < 1.29 is 9.53 Å². The lowest BCUT2D eigenvalue weighted by molar-refractivity contribution is -0.133. The number of ether oxygens (including phenoxy) is 1. The summed E-state index contributed by atoms with van der Waals surface area (Å²) in [5, 5.41) is 10.2. The number of halogens is 3. The number of carbonyl (C=O) groups excluding carboxylic acids is 1. The molecule has 31 heavy (non-hydrogen) atoms. The molecule has 4 rings (SSSR count). The number of benzene rings is 2. The maximum absolute atomic E-state index is 12.5. The second kappa shape index (κ2) is 9.73. The molecule has 1 aromatic heterocycles. The molecule has 0 aliphatic carbocycles. The van der Waals surface area contributed by atoms with Crippen LogP contribution in [0.1, 0.15) is 0 Å². The molecule has 1 aliphatic rings. The fraction of sp³-hybridized carbons (Fsp3) is 0.227. The summed E-state index contributed by atoms with van der Waals surface area (Å²) in [5.41, 5.74) is 1.45. The van der Waals surface area contributed by atoms with Gasteiger partial charge in [-0.05, 0) is 42.5 Å². The lowest BCUT2D eigenvalue weighted by Crippen LogP contribution is -2.50. The first kappa shape index (κ1) is 21.7. The number of para-hydroxylation sites is 1. The van der Waals surface area contributed by atoms with Gasteiger partial charge in [0.15, 0.2) is 12.4 Å². The van der Waals surface area contributed by atoms with Crippen LogP contribution in [0.4, 0.5) is 5.82 Å². The van der Waals surface area contributed by atoms with Crippen LogP contribution in [0.15, 0.2) is 54.6 Å². The molecule has 2 aromatic carbocycles. The van der Waals surface area contributed by atoms with E-state index in [4.69, 9.17) is 39.5 Å². The molecule has 0 saturated carbocycles. The van der Waals surface area contributed by atoms with Crippen molar-refractivity contribution in [3.63, 3.8) is 0 Å². The predicted octanol–water partition coefficient (Wildman–Crippen LogP) is 4.83. The Morgan fingerprint density at radius 1 is 0.903 bits per heavy atom. The van der Waals surface area contributed by atoms with E-state index in [-0.39, 0.29) is 12.5 Å². The first-order valence-electron chi connectivity index (χ1n) is 9.70. The third kappa shape index (κ3) is 5.21. The van der Waals surface area contributed by atoms with Crippen molar-refractivity contribution in [2.45, 2.75) is 0 Å². The maximum atomic E-state index is 12.5. The number of hydrogen-bond acceptors (Lipinski definition) is 5. The Hall–Kier alpha value is -2.54. The lowest BCUT2D eigenvalue weighted by Gasteiger charge is -2.35. The Morgan fingerprint density at radius 2 is 1.68 bits per heavy atom. The Balaban J connectivity index is 1.32. The highest BCUT2D eigenvalue weighted by molar-refractivity contribution is 6.36. The van der Waals surface area contributed by atoms with Crippen LogP contribution in [0, 0.1) is 0 Å². The largest absolute Gasteiger partial charge is 0.482 e. The SMILES string of the molecule is O=C(COc1ccccc1Cl)N1CCN(c2ccc(-c3ccc(Cl)cc3Cl)nn2)CC1. The van der Waals surface area contributed by atoms with Gasteiger partial charge >= 0.3 is 0 Å². The number of nitrogens with zero attached hydrogens (tertiary/aromatic N) is 4. The van der Waals surface area contributed by atoms with E-state index >= 15 is 0 Å². The van der Waals surface area contributed by atoms with Gasteiger partial charge in [0.1, 0.15) is 5.75 Å². The summed E-state index contributed by atoms with van der Waals surface area (Å²) in [6, 6.07) is 16.2. The fourth-order valence-corrected chi connectivity index (χ4v) is 4.01. The van der Waals surface area contributed by atoms with E-state index in [1.807, 2.05) is 30.3 Å². The molecule has 0 N–H and O–H groups in total. The minimum absolute atomic E-state index is 0.0416. The quantitative estimate of drug-likeness (QED) is 0.527. The summed E-state index contributed by atoms with van der Waals surface area (Å²) in [6.45, 7) is 2.44. The predicted molar refractivity (Wildman–Crippen MR) is 123 cm³/mol. The van der Waals surface area contributed by atoms with Gasteiger partial charge < -0.3 is 14.5 Å². The van der Waals surface area contributed by atoms with Crippen molar-refractivity contribution >= 4 is 46.5 Å². The second-order valence-corrected chi connectivity index (χ2v) is 8.24. The molecule has 1 aliphatic heterocycles. The highest BCUT2D eigenvalue weighted by Crippen LogP contribution is 2.29. The summed E-state index contributed by atoms with van der Waals surface area (Å²) in [4.78, 5) is 16.3. The van der Waals surface area contributed by atoms with E-state index in [2.05, 4.69) is 15.1 Å². The molecule has 0 atom stereocenters. The highest BCUT2D eigenvalue weighted by Gasteiger charge is 2.23. The molecular weight excluding hydrogens is 459 g/mol. The average molecular weight is 478 g/mol.